The van der Waals surface area contributed by atoms with Crippen molar-refractivity contribution in [3.05, 3.63) is 89.5 Å². The van der Waals surface area contributed by atoms with Gasteiger partial charge in [-0.2, -0.15) is 5.10 Å². The lowest BCUT2D eigenvalue weighted by Crippen LogP contribution is -2.36. The van der Waals surface area contributed by atoms with Gasteiger partial charge in [0, 0.05) is 31.9 Å². The molecular formula is C29H32N6O3. The number of nitrogens with zero attached hydrogens (tertiary/aromatic N) is 6. The van der Waals surface area contributed by atoms with Crippen LogP contribution in [0, 0.1) is 0 Å². The van der Waals surface area contributed by atoms with Crippen molar-refractivity contribution in [3.63, 3.8) is 0 Å². The molecule has 3 aromatic heterocycles. The molecule has 0 spiro atoms. The lowest BCUT2D eigenvalue weighted by molar-refractivity contribution is -0.120. The highest BCUT2D eigenvalue weighted by atomic mass is 16.5. The summed E-state index contributed by atoms with van der Waals surface area (Å²) in [6.45, 7) is 0.859. The summed E-state index contributed by atoms with van der Waals surface area (Å²) in [7, 11) is 5.49. The highest BCUT2D eigenvalue weighted by Gasteiger charge is 2.32. The standard InChI is InChI=1S/C29H32N6O3/c1-33(2)27-12-4-7-21(32-27)19-34-17-20(15-31-34)18-35(22-13-14-28(38-3)30-16-22)29(37)25-10-5-9-24-23(25)8-6-11-26(24)36/h4,6-8,11-17,25,36H,5,9-10,18-19H2,1-3H3. The molecule has 0 saturated carbocycles. The van der Waals surface area contributed by atoms with E-state index in [2.05, 4.69) is 15.1 Å². The number of hydrogen-bond donors (Lipinski definition) is 1. The highest BCUT2D eigenvalue weighted by Crippen LogP contribution is 2.38. The third-order valence-corrected chi connectivity index (χ3v) is 6.89. The van der Waals surface area contributed by atoms with Gasteiger partial charge in [0.15, 0.2) is 0 Å². The Balaban J connectivity index is 1.42. The van der Waals surface area contributed by atoms with Crippen LogP contribution in [0.1, 0.15) is 41.1 Å². The number of rotatable bonds is 8. The predicted octanol–water partition coefficient (Wildman–Crippen LogP) is 4.15. The molecule has 0 fully saturated rings. The molecule has 9 heteroatoms. The number of ether oxygens (including phenoxy) is 1. The molecule has 0 aliphatic heterocycles. The minimum atomic E-state index is -0.346. The molecule has 1 aromatic carbocycles. The topological polar surface area (TPSA) is 96.6 Å². The second-order valence-corrected chi connectivity index (χ2v) is 9.70. The van der Waals surface area contributed by atoms with E-state index >= 15 is 0 Å². The number of aromatic hydroxyl groups is 1. The Labute approximate surface area is 222 Å². The normalized spacial score (nSPS) is 14.6. The fourth-order valence-corrected chi connectivity index (χ4v) is 4.95. The first kappa shape index (κ1) is 25.3. The number of aromatic nitrogens is 4. The number of carbonyl (C=O) groups is 1. The molecule has 0 bridgehead atoms. The zero-order chi connectivity index (χ0) is 26.6. The number of fused-ring (bicyclic) bond motifs is 1. The molecule has 3 heterocycles. The summed E-state index contributed by atoms with van der Waals surface area (Å²) in [6, 6.07) is 15.0. The van der Waals surface area contributed by atoms with Gasteiger partial charge in [-0.3, -0.25) is 9.48 Å². The summed E-state index contributed by atoms with van der Waals surface area (Å²) in [4.78, 5) is 26.8. The molecule has 1 aliphatic rings. The van der Waals surface area contributed by atoms with Crippen LogP contribution in [-0.2, 0) is 24.3 Å². The van der Waals surface area contributed by atoms with Gasteiger partial charge < -0.3 is 19.6 Å². The van der Waals surface area contributed by atoms with E-state index in [4.69, 9.17) is 4.74 Å². The van der Waals surface area contributed by atoms with Crippen LogP contribution in [0.3, 0.4) is 0 Å². The molecule has 1 unspecified atom stereocenters. The zero-order valence-corrected chi connectivity index (χ0v) is 21.9. The zero-order valence-electron chi connectivity index (χ0n) is 21.9. The van der Waals surface area contributed by atoms with Crippen LogP contribution < -0.4 is 14.5 Å². The number of carbonyl (C=O) groups excluding carboxylic acids is 1. The van der Waals surface area contributed by atoms with Crippen molar-refractivity contribution in [1.82, 2.24) is 19.7 Å². The summed E-state index contributed by atoms with van der Waals surface area (Å²) in [5.74, 6) is 1.25. The third kappa shape index (κ3) is 5.32. The van der Waals surface area contributed by atoms with Gasteiger partial charge in [0.05, 0.1) is 49.9 Å². The number of benzene rings is 1. The number of phenolic OH excluding ortho intramolecular Hbond substituents is 1. The van der Waals surface area contributed by atoms with Crippen molar-refractivity contribution in [3.8, 4) is 11.6 Å². The average Bonchev–Trinajstić information content (AvgIpc) is 3.38. The molecule has 196 valence electrons. The van der Waals surface area contributed by atoms with E-state index in [9.17, 15) is 9.90 Å². The SMILES string of the molecule is COc1ccc(N(Cc2cnn(Cc3cccc(N(C)C)n3)c2)C(=O)C2CCCc3c(O)cccc32)cn1. The largest absolute Gasteiger partial charge is 0.508 e. The van der Waals surface area contributed by atoms with E-state index < -0.39 is 0 Å². The third-order valence-electron chi connectivity index (χ3n) is 6.89. The van der Waals surface area contributed by atoms with Gasteiger partial charge >= 0.3 is 0 Å². The van der Waals surface area contributed by atoms with Gasteiger partial charge in [-0.05, 0) is 54.7 Å². The lowest BCUT2D eigenvalue weighted by atomic mass is 9.81. The summed E-state index contributed by atoms with van der Waals surface area (Å²) in [5, 5.41) is 14.9. The number of hydrogen-bond acceptors (Lipinski definition) is 7. The van der Waals surface area contributed by atoms with Gasteiger partial charge in [0.1, 0.15) is 11.6 Å². The van der Waals surface area contributed by atoms with Crippen molar-refractivity contribution < 1.29 is 14.6 Å². The second kappa shape index (κ2) is 10.9. The Bertz CT molecular complexity index is 1420. The quantitative estimate of drug-likeness (QED) is 0.379. The molecule has 0 saturated heterocycles. The van der Waals surface area contributed by atoms with Gasteiger partial charge in [-0.25, -0.2) is 9.97 Å². The molecule has 1 atom stereocenters. The molecule has 9 nitrogen and oxygen atoms in total. The fourth-order valence-electron chi connectivity index (χ4n) is 4.95. The van der Waals surface area contributed by atoms with Crippen LogP contribution in [0.4, 0.5) is 11.5 Å². The van der Waals surface area contributed by atoms with Crippen molar-refractivity contribution in [1.29, 1.82) is 0 Å². The number of pyridine rings is 2. The molecule has 5 rings (SSSR count). The van der Waals surface area contributed by atoms with Crippen LogP contribution in [-0.4, -0.2) is 52.0 Å². The number of amides is 1. The number of anilines is 2. The van der Waals surface area contributed by atoms with Crippen molar-refractivity contribution in [2.75, 3.05) is 31.0 Å². The van der Waals surface area contributed by atoms with E-state index in [-0.39, 0.29) is 17.6 Å². The summed E-state index contributed by atoms with van der Waals surface area (Å²) in [6.07, 6.45) is 7.72. The van der Waals surface area contributed by atoms with Crippen LogP contribution >= 0.6 is 0 Å². The van der Waals surface area contributed by atoms with Crippen molar-refractivity contribution in [2.24, 2.45) is 0 Å². The minimum Gasteiger partial charge on any atom is -0.508 e. The van der Waals surface area contributed by atoms with Gasteiger partial charge in [0.2, 0.25) is 11.8 Å². The van der Waals surface area contributed by atoms with E-state index in [1.165, 1.54) is 0 Å². The first-order valence-corrected chi connectivity index (χ1v) is 12.7. The summed E-state index contributed by atoms with van der Waals surface area (Å²) in [5.41, 5.74) is 4.23. The Morgan fingerprint density at radius 1 is 1.13 bits per heavy atom. The summed E-state index contributed by atoms with van der Waals surface area (Å²) >= 11 is 0. The first-order valence-electron chi connectivity index (χ1n) is 12.7. The smallest absolute Gasteiger partial charge is 0.234 e. The van der Waals surface area contributed by atoms with E-state index in [1.54, 1.807) is 36.5 Å². The Kier molecular flexibility index (Phi) is 7.26. The van der Waals surface area contributed by atoms with E-state index in [1.807, 2.05) is 66.3 Å². The first-order chi connectivity index (χ1) is 18.4. The Morgan fingerprint density at radius 3 is 2.74 bits per heavy atom. The Morgan fingerprint density at radius 2 is 1.97 bits per heavy atom. The number of phenols is 1. The van der Waals surface area contributed by atoms with Gasteiger partial charge in [-0.15, -0.1) is 0 Å². The fraction of sp³-hybridized carbons (Fsp3) is 0.310. The maximum absolute atomic E-state index is 14.1. The Hall–Kier alpha value is -4.40. The molecule has 4 aromatic rings. The second-order valence-electron chi connectivity index (χ2n) is 9.70. The predicted molar refractivity (Wildman–Crippen MR) is 146 cm³/mol. The average molecular weight is 513 g/mol. The van der Waals surface area contributed by atoms with Crippen molar-refractivity contribution in [2.45, 2.75) is 38.3 Å². The lowest BCUT2D eigenvalue weighted by Gasteiger charge is -2.31. The summed E-state index contributed by atoms with van der Waals surface area (Å²) < 4.78 is 7.06. The monoisotopic (exact) mass is 512 g/mol. The van der Waals surface area contributed by atoms with Crippen LogP contribution in [0.15, 0.2) is 67.1 Å². The van der Waals surface area contributed by atoms with Crippen LogP contribution in [0.5, 0.6) is 11.6 Å². The minimum absolute atomic E-state index is 0.0309. The molecule has 1 amide bonds. The molecule has 38 heavy (non-hydrogen) atoms. The number of methoxy groups -OCH3 is 1. The molecule has 1 N–H and O–H groups in total. The van der Waals surface area contributed by atoms with Crippen LogP contribution in [0.2, 0.25) is 0 Å². The van der Waals surface area contributed by atoms with Gasteiger partial charge in [0.25, 0.3) is 0 Å². The maximum atomic E-state index is 14.1. The highest BCUT2D eigenvalue weighted by molar-refractivity contribution is 5.98. The van der Waals surface area contributed by atoms with Crippen LogP contribution in [0.25, 0.3) is 0 Å². The van der Waals surface area contributed by atoms with E-state index in [0.29, 0.717) is 24.7 Å². The van der Waals surface area contributed by atoms with E-state index in [0.717, 1.165) is 47.5 Å². The molecular weight excluding hydrogens is 480 g/mol. The maximum Gasteiger partial charge on any atom is 0.234 e. The van der Waals surface area contributed by atoms with Gasteiger partial charge in [-0.1, -0.05) is 18.2 Å². The molecule has 0 radical (unpaired) electrons. The molecule has 1 aliphatic carbocycles. The van der Waals surface area contributed by atoms with Crippen molar-refractivity contribution >= 4 is 17.4 Å².